The summed E-state index contributed by atoms with van der Waals surface area (Å²) in [6.07, 6.45) is 6.49. The van der Waals surface area contributed by atoms with E-state index >= 15 is 0 Å². The van der Waals surface area contributed by atoms with Gasteiger partial charge in [-0.25, -0.2) is 0 Å². The summed E-state index contributed by atoms with van der Waals surface area (Å²) in [4.78, 5) is 23.2. The summed E-state index contributed by atoms with van der Waals surface area (Å²) in [6, 6.07) is 0. The number of aliphatic carboxylic acids is 1. The van der Waals surface area contributed by atoms with Crippen LogP contribution in [-0.4, -0.2) is 23.5 Å². The Hall–Kier alpha value is -1.06. The second-order valence-corrected chi connectivity index (χ2v) is 6.11. The van der Waals surface area contributed by atoms with Crippen LogP contribution in [0.1, 0.15) is 51.9 Å². The van der Waals surface area contributed by atoms with Crippen molar-refractivity contribution in [2.24, 2.45) is 17.3 Å². The van der Waals surface area contributed by atoms with Crippen molar-refractivity contribution < 1.29 is 14.7 Å². The summed E-state index contributed by atoms with van der Waals surface area (Å²) < 4.78 is 0. The van der Waals surface area contributed by atoms with Gasteiger partial charge >= 0.3 is 5.97 Å². The zero-order chi connectivity index (χ0) is 13.2. The van der Waals surface area contributed by atoms with E-state index in [1.807, 2.05) is 0 Å². The molecule has 0 aromatic heterocycles. The van der Waals surface area contributed by atoms with Gasteiger partial charge in [-0.1, -0.05) is 13.3 Å². The Bertz CT molecular complexity index is 328. The van der Waals surface area contributed by atoms with Gasteiger partial charge in [0.05, 0.1) is 5.41 Å². The maximum absolute atomic E-state index is 12.0. The number of carbonyl (C=O) groups excluding carboxylic acids is 1. The highest BCUT2D eigenvalue weighted by atomic mass is 16.4. The fourth-order valence-corrected chi connectivity index (χ4v) is 2.99. The molecule has 1 amide bonds. The van der Waals surface area contributed by atoms with Crippen LogP contribution < -0.4 is 5.32 Å². The van der Waals surface area contributed by atoms with Gasteiger partial charge < -0.3 is 10.4 Å². The Morgan fingerprint density at radius 2 is 1.83 bits per heavy atom. The Labute approximate surface area is 108 Å². The molecule has 0 aliphatic heterocycles. The summed E-state index contributed by atoms with van der Waals surface area (Å²) in [5.41, 5.74) is -0.669. The molecule has 0 aromatic rings. The first-order valence-corrected chi connectivity index (χ1v) is 7.05. The first-order valence-electron chi connectivity index (χ1n) is 7.05. The monoisotopic (exact) mass is 253 g/mol. The molecule has 2 saturated carbocycles. The standard InChI is InChI=1S/C14H23NO3/c1-10-3-5-11(6-4-10)12(16)15-9-14(13(17)18)7-2-8-14/h10-11H,2-9H2,1H3,(H,15,16)(H,17,18). The first kappa shape index (κ1) is 13.4. The molecule has 18 heavy (non-hydrogen) atoms. The third-order valence-electron chi connectivity index (χ3n) is 4.75. The summed E-state index contributed by atoms with van der Waals surface area (Å²) in [5.74, 6) is 0.138. The Balaban J connectivity index is 1.79. The molecule has 0 atom stereocenters. The van der Waals surface area contributed by atoms with E-state index in [2.05, 4.69) is 12.2 Å². The Morgan fingerprint density at radius 1 is 1.22 bits per heavy atom. The lowest BCUT2D eigenvalue weighted by Crippen LogP contribution is -2.48. The van der Waals surface area contributed by atoms with Gasteiger partial charge in [0.1, 0.15) is 0 Å². The van der Waals surface area contributed by atoms with E-state index in [1.165, 1.54) is 0 Å². The van der Waals surface area contributed by atoms with Gasteiger partial charge in [-0.2, -0.15) is 0 Å². The molecule has 0 saturated heterocycles. The molecule has 2 N–H and O–H groups in total. The van der Waals surface area contributed by atoms with Crippen LogP contribution in [0.2, 0.25) is 0 Å². The van der Waals surface area contributed by atoms with E-state index in [1.54, 1.807) is 0 Å². The van der Waals surface area contributed by atoms with Crippen LogP contribution in [0.3, 0.4) is 0 Å². The highest BCUT2D eigenvalue weighted by Gasteiger charge is 2.44. The second-order valence-electron chi connectivity index (χ2n) is 6.11. The molecule has 2 aliphatic carbocycles. The van der Waals surface area contributed by atoms with Crippen molar-refractivity contribution in [3.8, 4) is 0 Å². The van der Waals surface area contributed by atoms with Crippen LogP contribution in [0.25, 0.3) is 0 Å². The molecule has 2 rings (SSSR count). The number of hydrogen-bond acceptors (Lipinski definition) is 2. The highest BCUT2D eigenvalue weighted by molar-refractivity contribution is 5.81. The Kier molecular flexibility index (Phi) is 3.93. The first-order chi connectivity index (χ1) is 8.53. The number of carboxylic acids is 1. The second kappa shape index (κ2) is 5.29. The van der Waals surface area contributed by atoms with Gasteiger partial charge in [-0.3, -0.25) is 9.59 Å². The van der Waals surface area contributed by atoms with Crippen molar-refractivity contribution in [3.63, 3.8) is 0 Å². The van der Waals surface area contributed by atoms with Crippen molar-refractivity contribution in [2.45, 2.75) is 51.9 Å². The lowest BCUT2D eigenvalue weighted by atomic mass is 9.68. The topological polar surface area (TPSA) is 66.4 Å². The predicted octanol–water partition coefficient (Wildman–Crippen LogP) is 2.18. The molecule has 4 nitrogen and oxygen atoms in total. The molecule has 0 radical (unpaired) electrons. The van der Waals surface area contributed by atoms with E-state index in [4.69, 9.17) is 0 Å². The third kappa shape index (κ3) is 2.68. The summed E-state index contributed by atoms with van der Waals surface area (Å²) in [7, 11) is 0. The SMILES string of the molecule is CC1CCC(C(=O)NCC2(C(=O)O)CCC2)CC1. The number of carboxylic acid groups (broad SMARTS) is 1. The molecule has 0 spiro atoms. The van der Waals surface area contributed by atoms with Crippen LogP contribution in [0.4, 0.5) is 0 Å². The normalized spacial score (nSPS) is 30.3. The van der Waals surface area contributed by atoms with E-state index in [-0.39, 0.29) is 11.8 Å². The Morgan fingerprint density at radius 3 is 2.28 bits per heavy atom. The number of hydrogen-bond donors (Lipinski definition) is 2. The number of rotatable bonds is 4. The van der Waals surface area contributed by atoms with Crippen LogP contribution >= 0.6 is 0 Å². The number of nitrogens with one attached hydrogen (secondary N) is 1. The van der Waals surface area contributed by atoms with Crippen LogP contribution in [-0.2, 0) is 9.59 Å². The smallest absolute Gasteiger partial charge is 0.311 e. The van der Waals surface area contributed by atoms with Crippen molar-refractivity contribution in [2.75, 3.05) is 6.54 Å². The van der Waals surface area contributed by atoms with Gasteiger partial charge in [-0.05, 0) is 44.4 Å². The van der Waals surface area contributed by atoms with Crippen LogP contribution in [0.15, 0.2) is 0 Å². The summed E-state index contributed by atoms with van der Waals surface area (Å²) >= 11 is 0. The van der Waals surface area contributed by atoms with Gasteiger partial charge in [0.15, 0.2) is 0 Å². The van der Waals surface area contributed by atoms with E-state index in [9.17, 15) is 14.7 Å². The minimum atomic E-state index is -0.758. The quantitative estimate of drug-likeness (QED) is 0.807. The van der Waals surface area contributed by atoms with Gasteiger partial charge in [0.25, 0.3) is 0 Å². The molecule has 4 heteroatoms. The summed E-state index contributed by atoms with van der Waals surface area (Å²) in [5, 5.41) is 12.1. The molecule has 0 heterocycles. The van der Waals surface area contributed by atoms with Crippen LogP contribution in [0.5, 0.6) is 0 Å². The zero-order valence-corrected chi connectivity index (χ0v) is 11.1. The molecule has 0 unspecified atom stereocenters. The largest absolute Gasteiger partial charge is 0.481 e. The van der Waals surface area contributed by atoms with Crippen molar-refractivity contribution >= 4 is 11.9 Å². The fourth-order valence-electron chi connectivity index (χ4n) is 2.99. The maximum atomic E-state index is 12.0. The number of amides is 1. The fraction of sp³-hybridized carbons (Fsp3) is 0.857. The maximum Gasteiger partial charge on any atom is 0.311 e. The van der Waals surface area contributed by atoms with Gasteiger partial charge in [0, 0.05) is 12.5 Å². The van der Waals surface area contributed by atoms with E-state index in [0.717, 1.165) is 38.0 Å². The van der Waals surface area contributed by atoms with Gasteiger partial charge in [-0.15, -0.1) is 0 Å². The van der Waals surface area contributed by atoms with Crippen LogP contribution in [0, 0.1) is 17.3 Å². The molecule has 102 valence electrons. The molecule has 0 bridgehead atoms. The molecular weight excluding hydrogens is 230 g/mol. The zero-order valence-electron chi connectivity index (χ0n) is 11.1. The molecule has 2 fully saturated rings. The minimum Gasteiger partial charge on any atom is -0.481 e. The lowest BCUT2D eigenvalue weighted by Gasteiger charge is -2.38. The van der Waals surface area contributed by atoms with Crippen molar-refractivity contribution in [1.29, 1.82) is 0 Å². The predicted molar refractivity (Wildman–Crippen MR) is 68.1 cm³/mol. The molecular formula is C14H23NO3. The van der Waals surface area contributed by atoms with Gasteiger partial charge in [0.2, 0.25) is 5.91 Å². The average molecular weight is 253 g/mol. The van der Waals surface area contributed by atoms with Crippen molar-refractivity contribution in [3.05, 3.63) is 0 Å². The van der Waals surface area contributed by atoms with E-state index < -0.39 is 11.4 Å². The third-order valence-corrected chi connectivity index (χ3v) is 4.75. The molecule has 0 aromatic carbocycles. The molecule has 2 aliphatic rings. The average Bonchev–Trinajstić information content (AvgIpc) is 2.27. The number of carbonyl (C=O) groups is 2. The van der Waals surface area contributed by atoms with E-state index in [0.29, 0.717) is 19.4 Å². The summed E-state index contributed by atoms with van der Waals surface area (Å²) in [6.45, 7) is 2.54. The van der Waals surface area contributed by atoms with Crippen molar-refractivity contribution in [1.82, 2.24) is 5.32 Å². The minimum absolute atomic E-state index is 0.0643. The lowest BCUT2D eigenvalue weighted by molar-refractivity contribution is -0.154. The highest BCUT2D eigenvalue weighted by Crippen LogP contribution is 2.40.